The summed E-state index contributed by atoms with van der Waals surface area (Å²) >= 11 is 6.92. The molecule has 64 heavy (non-hydrogen) atoms. The SMILES string of the molecule is COc1cc(Cn2nc(N3CCCC3)n3c4ccc(Br)cc4c(=O)nc23)cc(OC)c1.COc1cc(Cn2nc(N3CCCC3)n3c4ccc(Br)cc4c(=O)nc23)cc(OC)c1OC. The Labute approximate surface area is 383 Å². The van der Waals surface area contributed by atoms with Crippen LogP contribution in [0.4, 0.5) is 11.9 Å². The minimum absolute atomic E-state index is 0.270. The number of halogens is 2. The molecule has 4 aromatic carbocycles. The monoisotopic (exact) mass is 996 g/mol. The normalized spacial score (nSPS) is 13.9. The van der Waals surface area contributed by atoms with Crippen LogP contribution in [0.1, 0.15) is 36.8 Å². The predicted octanol–water partition coefficient (Wildman–Crippen LogP) is 6.95. The summed E-state index contributed by atoms with van der Waals surface area (Å²) in [5.74, 6) is 5.65. The zero-order valence-corrected chi connectivity index (χ0v) is 39.2. The number of benzene rings is 4. The number of aromatic nitrogens is 8. The summed E-state index contributed by atoms with van der Waals surface area (Å²) < 4.78 is 36.4. The first-order valence-corrected chi connectivity index (χ1v) is 22.4. The average molecular weight is 999 g/mol. The van der Waals surface area contributed by atoms with Gasteiger partial charge in [-0.15, -0.1) is 10.2 Å². The molecular formula is C45H46Br2N10O7. The maximum atomic E-state index is 12.9. The lowest BCUT2D eigenvalue weighted by atomic mass is 10.2. The fourth-order valence-electron chi connectivity index (χ4n) is 8.49. The summed E-state index contributed by atoms with van der Waals surface area (Å²) in [4.78, 5) is 39.1. The topological polar surface area (TPSA) is 157 Å². The molecule has 0 amide bonds. The first-order valence-electron chi connectivity index (χ1n) is 20.8. The highest BCUT2D eigenvalue weighted by molar-refractivity contribution is 9.10. The number of rotatable bonds is 11. The van der Waals surface area contributed by atoms with Crippen molar-refractivity contribution in [2.24, 2.45) is 0 Å². The second kappa shape index (κ2) is 18.0. The van der Waals surface area contributed by atoms with Gasteiger partial charge in [0.1, 0.15) is 11.5 Å². The highest BCUT2D eigenvalue weighted by atomic mass is 79.9. The molecule has 2 aliphatic rings. The predicted molar refractivity (Wildman–Crippen MR) is 252 cm³/mol. The number of ether oxygens (including phenoxy) is 5. The van der Waals surface area contributed by atoms with Gasteiger partial charge in [-0.05, 0) is 97.5 Å². The summed E-state index contributed by atoms with van der Waals surface area (Å²) in [6.45, 7) is 4.51. The average Bonchev–Trinajstić information content (AvgIpc) is 4.15. The molecule has 332 valence electrons. The lowest BCUT2D eigenvalue weighted by Crippen LogP contribution is -2.21. The molecule has 0 N–H and O–H groups in total. The molecular weight excluding hydrogens is 952 g/mol. The quantitative estimate of drug-likeness (QED) is 0.131. The Morgan fingerprint density at radius 2 is 0.953 bits per heavy atom. The van der Waals surface area contributed by atoms with Crippen molar-refractivity contribution in [3.8, 4) is 28.7 Å². The van der Waals surface area contributed by atoms with Gasteiger partial charge in [0, 0.05) is 41.2 Å². The van der Waals surface area contributed by atoms with Gasteiger partial charge in [0.25, 0.3) is 11.1 Å². The molecule has 8 aromatic rings. The van der Waals surface area contributed by atoms with Crippen LogP contribution >= 0.6 is 31.9 Å². The van der Waals surface area contributed by atoms with Crippen molar-refractivity contribution in [2.45, 2.75) is 38.8 Å². The van der Waals surface area contributed by atoms with Crippen molar-refractivity contribution < 1.29 is 23.7 Å². The highest BCUT2D eigenvalue weighted by Gasteiger charge is 2.25. The van der Waals surface area contributed by atoms with Crippen LogP contribution in [0.3, 0.4) is 0 Å². The van der Waals surface area contributed by atoms with E-state index in [2.05, 4.69) is 51.6 Å². The molecule has 19 heteroatoms. The van der Waals surface area contributed by atoms with E-state index in [4.69, 9.17) is 33.9 Å². The van der Waals surface area contributed by atoms with Crippen LogP contribution < -0.4 is 44.6 Å². The third kappa shape index (κ3) is 8.06. The molecule has 0 aliphatic carbocycles. The van der Waals surface area contributed by atoms with Crippen LogP contribution in [0, 0.1) is 0 Å². The molecule has 2 aliphatic heterocycles. The molecule has 17 nitrogen and oxygen atoms in total. The highest BCUT2D eigenvalue weighted by Crippen LogP contribution is 2.39. The van der Waals surface area contributed by atoms with E-state index < -0.39 is 0 Å². The first kappa shape index (κ1) is 42.9. The zero-order valence-electron chi connectivity index (χ0n) is 36.0. The molecule has 2 saturated heterocycles. The smallest absolute Gasteiger partial charge is 0.282 e. The van der Waals surface area contributed by atoms with E-state index in [1.807, 2.05) is 69.5 Å². The molecule has 6 heterocycles. The van der Waals surface area contributed by atoms with E-state index in [0.717, 1.165) is 94.9 Å². The van der Waals surface area contributed by atoms with Gasteiger partial charge in [0.05, 0.1) is 70.4 Å². The Balaban J connectivity index is 0.000000162. The molecule has 0 spiro atoms. The third-order valence-electron chi connectivity index (χ3n) is 11.5. The molecule has 10 rings (SSSR count). The second-order valence-corrected chi connectivity index (χ2v) is 17.3. The second-order valence-electron chi connectivity index (χ2n) is 15.5. The first-order chi connectivity index (χ1) is 31.1. The van der Waals surface area contributed by atoms with E-state index in [1.165, 1.54) is 0 Å². The van der Waals surface area contributed by atoms with Crippen LogP contribution in [0.5, 0.6) is 28.7 Å². The van der Waals surface area contributed by atoms with Gasteiger partial charge < -0.3 is 33.5 Å². The van der Waals surface area contributed by atoms with Crippen LogP contribution in [0.25, 0.3) is 33.4 Å². The largest absolute Gasteiger partial charge is 0.497 e. The molecule has 0 atom stereocenters. The van der Waals surface area contributed by atoms with Crippen molar-refractivity contribution >= 4 is 77.1 Å². The summed E-state index contributed by atoms with van der Waals surface area (Å²) in [6, 6.07) is 20.8. The fourth-order valence-corrected chi connectivity index (χ4v) is 9.21. The number of fused-ring (bicyclic) bond motifs is 6. The van der Waals surface area contributed by atoms with Crippen molar-refractivity contribution in [1.82, 2.24) is 38.3 Å². The summed E-state index contributed by atoms with van der Waals surface area (Å²) in [7, 11) is 7.99. The summed E-state index contributed by atoms with van der Waals surface area (Å²) in [5.41, 5.74) is 2.85. The van der Waals surface area contributed by atoms with Gasteiger partial charge in [-0.2, -0.15) is 9.97 Å². The van der Waals surface area contributed by atoms with E-state index >= 15 is 0 Å². The molecule has 2 fully saturated rings. The lowest BCUT2D eigenvalue weighted by molar-refractivity contribution is 0.323. The maximum absolute atomic E-state index is 12.9. The number of hydrogen-bond donors (Lipinski definition) is 0. The van der Waals surface area contributed by atoms with Gasteiger partial charge >= 0.3 is 0 Å². The summed E-state index contributed by atoms with van der Waals surface area (Å²) in [5, 5.41) is 10.9. The maximum Gasteiger partial charge on any atom is 0.282 e. The van der Waals surface area contributed by atoms with Crippen molar-refractivity contribution in [3.05, 3.63) is 108 Å². The Bertz CT molecular complexity index is 3120. The Kier molecular flexibility index (Phi) is 12.1. The Morgan fingerprint density at radius 3 is 1.34 bits per heavy atom. The van der Waals surface area contributed by atoms with Crippen molar-refractivity contribution in [2.75, 3.05) is 71.5 Å². The lowest BCUT2D eigenvalue weighted by Gasteiger charge is -2.15. The zero-order chi connectivity index (χ0) is 44.6. The van der Waals surface area contributed by atoms with Crippen LogP contribution in [-0.4, -0.2) is 100 Å². The van der Waals surface area contributed by atoms with E-state index in [9.17, 15) is 9.59 Å². The fraction of sp³-hybridized carbons (Fsp3) is 0.333. The number of nitrogens with zero attached hydrogens (tertiary/aromatic N) is 10. The van der Waals surface area contributed by atoms with E-state index in [1.54, 1.807) is 51.0 Å². The van der Waals surface area contributed by atoms with Crippen molar-refractivity contribution in [3.63, 3.8) is 0 Å². The summed E-state index contributed by atoms with van der Waals surface area (Å²) in [6.07, 6.45) is 4.47. The van der Waals surface area contributed by atoms with Gasteiger partial charge in [0.15, 0.2) is 11.5 Å². The van der Waals surface area contributed by atoms with Crippen molar-refractivity contribution in [1.29, 1.82) is 0 Å². The van der Waals surface area contributed by atoms with E-state index in [-0.39, 0.29) is 11.1 Å². The van der Waals surface area contributed by atoms with Crippen LogP contribution in [0.15, 0.2) is 85.3 Å². The molecule has 4 aromatic heterocycles. The molecule has 0 unspecified atom stereocenters. The van der Waals surface area contributed by atoms with Gasteiger partial charge in [-0.1, -0.05) is 31.9 Å². The number of hydrogen-bond acceptors (Lipinski definition) is 13. The Morgan fingerprint density at radius 1 is 0.531 bits per heavy atom. The molecule has 0 radical (unpaired) electrons. The molecule has 0 saturated carbocycles. The number of anilines is 2. The minimum Gasteiger partial charge on any atom is -0.497 e. The number of methoxy groups -OCH3 is 5. The Hall–Kier alpha value is -6.34. The standard InChI is InChI=1S/C23H24BrN5O4.C22H22BrN5O3/c1-31-18-10-14(11-19(32-2)20(18)33-3)13-28-22-25-21(30)16-12-15(24)6-7-17(16)29(22)23(26-28)27-8-4-5-9-27;1-30-16-9-14(10-17(12-16)31-2)13-27-21-24-20(29)18-11-15(23)5-6-19(18)28(21)22(25-27)26-7-3-4-8-26/h6-7,10-12H,4-5,8-9,13H2,1-3H3;5-6,9-12H,3-4,7-8,13H2,1-2H3. The van der Waals surface area contributed by atoms with Gasteiger partial charge in [0.2, 0.25) is 29.2 Å². The van der Waals surface area contributed by atoms with E-state index in [0.29, 0.717) is 64.2 Å². The minimum atomic E-state index is -0.287. The van der Waals surface area contributed by atoms with Crippen LogP contribution in [-0.2, 0) is 13.1 Å². The van der Waals surface area contributed by atoms with Crippen LogP contribution in [0.2, 0.25) is 0 Å². The van der Waals surface area contributed by atoms with Gasteiger partial charge in [-0.25, -0.2) is 18.2 Å². The third-order valence-corrected chi connectivity index (χ3v) is 12.5. The molecule has 0 bridgehead atoms. The van der Waals surface area contributed by atoms with Gasteiger partial charge in [-0.3, -0.25) is 9.59 Å².